The monoisotopic (exact) mass is 359 g/mol. The van der Waals surface area contributed by atoms with Crippen LogP contribution in [0.4, 0.5) is 4.39 Å². The molecule has 1 amide bonds. The van der Waals surface area contributed by atoms with Crippen molar-refractivity contribution in [1.82, 2.24) is 15.1 Å². The average Bonchev–Trinajstić information content (AvgIpc) is 2.64. The van der Waals surface area contributed by atoms with Crippen molar-refractivity contribution >= 4 is 5.91 Å². The number of ether oxygens (including phenoxy) is 1. The largest absolute Gasteiger partial charge is 0.494 e. The molecule has 1 aliphatic carbocycles. The highest BCUT2D eigenvalue weighted by Crippen LogP contribution is 2.24. The van der Waals surface area contributed by atoms with Crippen LogP contribution in [0.15, 0.2) is 35.1 Å². The molecule has 1 fully saturated rings. The van der Waals surface area contributed by atoms with Crippen LogP contribution >= 0.6 is 0 Å². The second-order valence-electron chi connectivity index (χ2n) is 6.63. The van der Waals surface area contributed by atoms with Crippen LogP contribution in [0.1, 0.15) is 43.1 Å². The normalized spacial score (nSPS) is 19.8. The summed E-state index contributed by atoms with van der Waals surface area (Å²) < 4.78 is 19.4. The molecule has 138 valence electrons. The molecule has 1 aromatic heterocycles. The van der Waals surface area contributed by atoms with Gasteiger partial charge in [0.1, 0.15) is 5.82 Å². The van der Waals surface area contributed by atoms with Gasteiger partial charge in [0.2, 0.25) is 0 Å². The molecule has 3 rings (SSSR count). The van der Waals surface area contributed by atoms with Gasteiger partial charge in [-0.25, -0.2) is 4.39 Å². The van der Waals surface area contributed by atoms with E-state index < -0.39 is 11.4 Å². The molecule has 1 saturated carbocycles. The summed E-state index contributed by atoms with van der Waals surface area (Å²) in [5, 5.41) is 7.19. The number of rotatable bonds is 4. The fourth-order valence-electron chi connectivity index (χ4n) is 3.29. The van der Waals surface area contributed by atoms with Crippen LogP contribution in [-0.4, -0.2) is 28.8 Å². The number of amides is 1. The van der Waals surface area contributed by atoms with E-state index in [0.29, 0.717) is 11.6 Å². The van der Waals surface area contributed by atoms with E-state index in [1.165, 1.54) is 43.9 Å². The number of carbonyl (C=O) groups is 1. The first-order valence-electron chi connectivity index (χ1n) is 8.74. The lowest BCUT2D eigenvalue weighted by atomic mass is 9.86. The van der Waals surface area contributed by atoms with E-state index in [1.54, 1.807) is 0 Å². The minimum atomic E-state index is -0.462. The van der Waals surface area contributed by atoms with Gasteiger partial charge in [0, 0.05) is 6.04 Å². The number of nitrogens with one attached hydrogen (secondary N) is 1. The van der Waals surface area contributed by atoms with Crippen molar-refractivity contribution in [3.8, 4) is 11.4 Å². The van der Waals surface area contributed by atoms with Gasteiger partial charge in [-0.15, -0.1) is 0 Å². The number of nitrogens with zero attached hydrogens (tertiary/aromatic N) is 2. The zero-order chi connectivity index (χ0) is 18.7. The van der Waals surface area contributed by atoms with Crippen molar-refractivity contribution in [2.45, 2.75) is 38.6 Å². The number of hydrogen-bond acceptors (Lipinski definition) is 4. The molecule has 0 saturated heterocycles. The highest BCUT2D eigenvalue weighted by molar-refractivity contribution is 5.95. The van der Waals surface area contributed by atoms with E-state index in [9.17, 15) is 14.0 Å². The first-order chi connectivity index (χ1) is 12.5. The molecule has 7 heteroatoms. The zero-order valence-electron chi connectivity index (χ0n) is 14.9. The standard InChI is InChI=1S/C19H22FN3O3/c1-12-5-3-4-6-15(12)21-19(25)18-16(26-2)11-17(24)23(22-18)14-9-7-13(20)8-10-14/h7-12,15H,3-6H2,1-2H3,(H,21,25)/t12-,15-/m0/s1. The van der Waals surface area contributed by atoms with Crippen LogP contribution < -0.4 is 15.6 Å². The van der Waals surface area contributed by atoms with Crippen LogP contribution in [0.2, 0.25) is 0 Å². The van der Waals surface area contributed by atoms with Crippen molar-refractivity contribution in [3.63, 3.8) is 0 Å². The Kier molecular flexibility index (Phi) is 5.35. The fourth-order valence-corrected chi connectivity index (χ4v) is 3.29. The predicted molar refractivity (Wildman–Crippen MR) is 95.2 cm³/mol. The summed E-state index contributed by atoms with van der Waals surface area (Å²) in [6.07, 6.45) is 4.25. The Hall–Kier alpha value is -2.70. The molecular weight excluding hydrogens is 337 g/mol. The van der Waals surface area contributed by atoms with Gasteiger partial charge in [0.15, 0.2) is 11.4 Å². The quantitative estimate of drug-likeness (QED) is 0.911. The Bertz CT molecular complexity index is 848. The highest BCUT2D eigenvalue weighted by Gasteiger charge is 2.26. The summed E-state index contributed by atoms with van der Waals surface area (Å²) in [7, 11) is 1.39. The van der Waals surface area contributed by atoms with E-state index in [1.807, 2.05) is 0 Å². The van der Waals surface area contributed by atoms with E-state index in [-0.39, 0.29) is 23.4 Å². The summed E-state index contributed by atoms with van der Waals surface area (Å²) in [5.74, 6) is -0.285. The van der Waals surface area contributed by atoms with Crippen molar-refractivity contribution in [2.75, 3.05) is 7.11 Å². The Morgan fingerprint density at radius 1 is 1.27 bits per heavy atom. The minimum absolute atomic E-state index is 0.0363. The maximum Gasteiger partial charge on any atom is 0.275 e. The number of methoxy groups -OCH3 is 1. The van der Waals surface area contributed by atoms with Gasteiger partial charge in [0.05, 0.1) is 18.9 Å². The van der Waals surface area contributed by atoms with Crippen molar-refractivity contribution in [1.29, 1.82) is 0 Å². The Morgan fingerprint density at radius 2 is 1.96 bits per heavy atom. The highest BCUT2D eigenvalue weighted by atomic mass is 19.1. The van der Waals surface area contributed by atoms with Crippen LogP contribution in [0.5, 0.6) is 5.75 Å². The van der Waals surface area contributed by atoms with Crippen LogP contribution in [-0.2, 0) is 0 Å². The second kappa shape index (κ2) is 7.68. The first kappa shape index (κ1) is 18.1. The maximum absolute atomic E-state index is 13.1. The molecule has 2 aromatic rings. The average molecular weight is 359 g/mol. The third kappa shape index (κ3) is 3.76. The summed E-state index contributed by atoms with van der Waals surface area (Å²) in [6, 6.07) is 6.63. The molecule has 1 N–H and O–H groups in total. The molecule has 0 radical (unpaired) electrons. The molecular formula is C19H22FN3O3. The Balaban J connectivity index is 1.94. The lowest BCUT2D eigenvalue weighted by Gasteiger charge is -2.29. The van der Waals surface area contributed by atoms with E-state index in [4.69, 9.17) is 4.74 Å². The molecule has 6 nitrogen and oxygen atoms in total. The first-order valence-corrected chi connectivity index (χ1v) is 8.74. The van der Waals surface area contributed by atoms with Gasteiger partial charge in [-0.2, -0.15) is 9.78 Å². The summed E-state index contributed by atoms with van der Waals surface area (Å²) >= 11 is 0. The fraction of sp³-hybridized carbons (Fsp3) is 0.421. The summed E-state index contributed by atoms with van der Waals surface area (Å²) in [5.41, 5.74) is -0.0515. The van der Waals surface area contributed by atoms with E-state index in [0.717, 1.165) is 23.9 Å². The van der Waals surface area contributed by atoms with Crippen LogP contribution in [0.3, 0.4) is 0 Å². The molecule has 2 atom stereocenters. The molecule has 0 spiro atoms. The topological polar surface area (TPSA) is 73.2 Å². The van der Waals surface area contributed by atoms with Crippen LogP contribution in [0.25, 0.3) is 5.69 Å². The number of benzene rings is 1. The molecule has 26 heavy (non-hydrogen) atoms. The van der Waals surface area contributed by atoms with Crippen LogP contribution in [0, 0.1) is 11.7 Å². The van der Waals surface area contributed by atoms with Crippen molar-refractivity contribution in [2.24, 2.45) is 5.92 Å². The number of carbonyl (C=O) groups excluding carboxylic acids is 1. The van der Waals surface area contributed by atoms with Crippen molar-refractivity contribution < 1.29 is 13.9 Å². The summed E-state index contributed by atoms with van der Waals surface area (Å²) in [4.78, 5) is 25.1. The van der Waals surface area contributed by atoms with Gasteiger partial charge >= 0.3 is 0 Å². The molecule has 0 unspecified atom stereocenters. The van der Waals surface area contributed by atoms with Crippen molar-refractivity contribution in [3.05, 3.63) is 52.2 Å². The Morgan fingerprint density at radius 3 is 2.62 bits per heavy atom. The van der Waals surface area contributed by atoms with Gasteiger partial charge < -0.3 is 10.1 Å². The lowest BCUT2D eigenvalue weighted by molar-refractivity contribution is 0.0899. The maximum atomic E-state index is 13.1. The van der Waals surface area contributed by atoms with E-state index in [2.05, 4.69) is 17.3 Å². The number of aromatic nitrogens is 2. The molecule has 1 aromatic carbocycles. The van der Waals surface area contributed by atoms with Gasteiger partial charge in [-0.3, -0.25) is 9.59 Å². The van der Waals surface area contributed by atoms with Gasteiger partial charge in [0.25, 0.3) is 11.5 Å². The molecule has 0 bridgehead atoms. The third-order valence-electron chi connectivity index (χ3n) is 4.83. The second-order valence-corrected chi connectivity index (χ2v) is 6.63. The van der Waals surface area contributed by atoms with E-state index >= 15 is 0 Å². The zero-order valence-corrected chi connectivity index (χ0v) is 14.9. The predicted octanol–water partition coefficient (Wildman–Crippen LogP) is 2.69. The Labute approximate surface area is 151 Å². The summed E-state index contributed by atoms with van der Waals surface area (Å²) in [6.45, 7) is 2.12. The lowest BCUT2D eigenvalue weighted by Crippen LogP contribution is -2.42. The number of halogens is 1. The molecule has 1 aliphatic rings. The van der Waals surface area contributed by atoms with Gasteiger partial charge in [-0.05, 0) is 43.0 Å². The smallest absolute Gasteiger partial charge is 0.275 e. The molecule has 1 heterocycles. The third-order valence-corrected chi connectivity index (χ3v) is 4.83. The number of hydrogen-bond donors (Lipinski definition) is 1. The SMILES string of the molecule is COc1cc(=O)n(-c2ccc(F)cc2)nc1C(=O)N[C@H]1CCCC[C@@H]1C. The van der Waals surface area contributed by atoms with Gasteiger partial charge in [-0.1, -0.05) is 19.8 Å². The molecule has 0 aliphatic heterocycles. The minimum Gasteiger partial charge on any atom is -0.494 e.